The SMILES string of the molecule is Cc1cc(C(=O)CCc2ccccc2)n(C2C=CC2)c1C. The summed E-state index contributed by atoms with van der Waals surface area (Å²) in [5.41, 5.74) is 4.52. The van der Waals surface area contributed by atoms with Crippen molar-refractivity contribution in [2.75, 3.05) is 0 Å². The van der Waals surface area contributed by atoms with Crippen LogP contribution in [0.4, 0.5) is 0 Å². The number of hydrogen-bond acceptors (Lipinski definition) is 1. The minimum Gasteiger partial charge on any atom is -0.335 e. The fraction of sp³-hybridized carbons (Fsp3) is 0.316. The van der Waals surface area contributed by atoms with Crippen LogP contribution < -0.4 is 0 Å². The van der Waals surface area contributed by atoms with Crippen LogP contribution in [0, 0.1) is 13.8 Å². The van der Waals surface area contributed by atoms with Gasteiger partial charge in [-0.05, 0) is 43.9 Å². The van der Waals surface area contributed by atoms with Crippen molar-refractivity contribution in [3.05, 3.63) is 71.1 Å². The van der Waals surface area contributed by atoms with E-state index in [9.17, 15) is 4.79 Å². The zero-order chi connectivity index (χ0) is 14.8. The van der Waals surface area contributed by atoms with Crippen molar-refractivity contribution in [3.8, 4) is 0 Å². The molecule has 1 aliphatic rings. The Bertz CT molecular complexity index is 679. The second-order valence-corrected chi connectivity index (χ2v) is 5.81. The number of benzene rings is 1. The zero-order valence-corrected chi connectivity index (χ0v) is 12.7. The first-order valence-corrected chi connectivity index (χ1v) is 7.59. The van der Waals surface area contributed by atoms with Crippen LogP contribution in [0.25, 0.3) is 0 Å². The summed E-state index contributed by atoms with van der Waals surface area (Å²) in [6, 6.07) is 12.6. The highest BCUT2D eigenvalue weighted by molar-refractivity contribution is 5.95. The molecule has 0 bridgehead atoms. The molecule has 2 nitrogen and oxygen atoms in total. The first-order chi connectivity index (χ1) is 10.2. The summed E-state index contributed by atoms with van der Waals surface area (Å²) >= 11 is 0. The van der Waals surface area contributed by atoms with E-state index in [2.05, 4.69) is 48.8 Å². The molecular formula is C19H21NO. The molecule has 21 heavy (non-hydrogen) atoms. The maximum atomic E-state index is 12.6. The number of ketones is 1. The maximum absolute atomic E-state index is 12.6. The fourth-order valence-corrected chi connectivity index (χ4v) is 2.87. The van der Waals surface area contributed by atoms with Crippen molar-refractivity contribution in [1.82, 2.24) is 4.57 Å². The normalized spacial score (nSPS) is 16.8. The van der Waals surface area contributed by atoms with E-state index < -0.39 is 0 Å². The minimum atomic E-state index is 0.246. The Hall–Kier alpha value is -2.09. The minimum absolute atomic E-state index is 0.246. The van der Waals surface area contributed by atoms with Crippen molar-refractivity contribution in [3.63, 3.8) is 0 Å². The Morgan fingerprint density at radius 1 is 1.24 bits per heavy atom. The molecule has 1 atom stereocenters. The third-order valence-electron chi connectivity index (χ3n) is 4.38. The molecule has 0 N–H and O–H groups in total. The summed E-state index contributed by atoms with van der Waals surface area (Å²) in [6.07, 6.45) is 6.76. The van der Waals surface area contributed by atoms with Gasteiger partial charge in [0, 0.05) is 12.1 Å². The van der Waals surface area contributed by atoms with Crippen LogP contribution in [0.15, 0.2) is 48.6 Å². The zero-order valence-electron chi connectivity index (χ0n) is 12.7. The Morgan fingerprint density at radius 2 is 1.95 bits per heavy atom. The smallest absolute Gasteiger partial charge is 0.179 e. The summed E-state index contributed by atoms with van der Waals surface area (Å²) < 4.78 is 2.21. The van der Waals surface area contributed by atoms with E-state index >= 15 is 0 Å². The van der Waals surface area contributed by atoms with E-state index in [-0.39, 0.29) is 5.78 Å². The lowest BCUT2D eigenvalue weighted by atomic mass is 10.0. The van der Waals surface area contributed by atoms with Crippen LogP contribution in [0.5, 0.6) is 0 Å². The van der Waals surface area contributed by atoms with Crippen molar-refractivity contribution in [1.29, 1.82) is 0 Å². The van der Waals surface area contributed by atoms with Gasteiger partial charge in [0.2, 0.25) is 0 Å². The topological polar surface area (TPSA) is 22.0 Å². The molecule has 0 saturated carbocycles. The van der Waals surface area contributed by atoms with Crippen LogP contribution in [0.3, 0.4) is 0 Å². The lowest BCUT2D eigenvalue weighted by Crippen LogP contribution is -2.18. The molecule has 3 rings (SSSR count). The van der Waals surface area contributed by atoms with Crippen LogP contribution in [0.1, 0.15) is 46.2 Å². The summed E-state index contributed by atoms with van der Waals surface area (Å²) in [5, 5.41) is 0. The number of aryl methyl sites for hydroxylation is 2. The summed E-state index contributed by atoms with van der Waals surface area (Å²) in [4.78, 5) is 12.6. The average Bonchev–Trinajstić information content (AvgIpc) is 2.73. The van der Waals surface area contributed by atoms with E-state index in [1.54, 1.807) is 0 Å². The van der Waals surface area contributed by atoms with E-state index in [1.807, 2.05) is 18.2 Å². The van der Waals surface area contributed by atoms with Crippen molar-refractivity contribution in [2.45, 2.75) is 39.2 Å². The van der Waals surface area contributed by atoms with Crippen molar-refractivity contribution in [2.24, 2.45) is 0 Å². The average molecular weight is 279 g/mol. The molecule has 0 aliphatic heterocycles. The van der Waals surface area contributed by atoms with Gasteiger partial charge in [-0.15, -0.1) is 0 Å². The van der Waals surface area contributed by atoms with Gasteiger partial charge < -0.3 is 4.57 Å². The Balaban J connectivity index is 1.78. The second-order valence-electron chi connectivity index (χ2n) is 5.81. The van der Waals surface area contributed by atoms with Gasteiger partial charge in [0.05, 0.1) is 11.7 Å². The molecule has 2 aromatic rings. The van der Waals surface area contributed by atoms with Crippen LogP contribution in [0.2, 0.25) is 0 Å². The molecule has 0 saturated heterocycles. The van der Waals surface area contributed by atoms with E-state index in [1.165, 1.54) is 16.8 Å². The van der Waals surface area contributed by atoms with Gasteiger partial charge in [0.25, 0.3) is 0 Å². The number of nitrogens with zero attached hydrogens (tertiary/aromatic N) is 1. The molecule has 2 heteroatoms. The molecule has 108 valence electrons. The highest BCUT2D eigenvalue weighted by atomic mass is 16.1. The predicted molar refractivity (Wildman–Crippen MR) is 85.8 cm³/mol. The Morgan fingerprint density at radius 3 is 2.57 bits per heavy atom. The molecule has 0 spiro atoms. The van der Waals surface area contributed by atoms with Crippen molar-refractivity contribution >= 4 is 5.78 Å². The number of carbonyl (C=O) groups is 1. The third-order valence-corrected chi connectivity index (χ3v) is 4.38. The van der Waals surface area contributed by atoms with E-state index in [0.717, 1.165) is 18.5 Å². The van der Waals surface area contributed by atoms with Gasteiger partial charge in [-0.1, -0.05) is 42.5 Å². The molecular weight excluding hydrogens is 258 g/mol. The molecule has 0 radical (unpaired) electrons. The molecule has 1 aliphatic carbocycles. The molecule has 1 unspecified atom stereocenters. The number of allylic oxidation sites excluding steroid dienone is 2. The van der Waals surface area contributed by atoms with Crippen molar-refractivity contribution < 1.29 is 4.79 Å². The first-order valence-electron chi connectivity index (χ1n) is 7.59. The van der Waals surface area contributed by atoms with Crippen LogP contribution in [-0.2, 0) is 6.42 Å². The number of carbonyl (C=O) groups excluding carboxylic acids is 1. The van der Waals surface area contributed by atoms with E-state index in [4.69, 9.17) is 0 Å². The fourth-order valence-electron chi connectivity index (χ4n) is 2.87. The number of rotatable bonds is 5. The van der Waals surface area contributed by atoms with Gasteiger partial charge in [0.15, 0.2) is 5.78 Å². The van der Waals surface area contributed by atoms with Crippen LogP contribution >= 0.6 is 0 Å². The highest BCUT2D eigenvalue weighted by Gasteiger charge is 2.22. The molecule has 1 aromatic carbocycles. The molecule has 1 heterocycles. The quantitative estimate of drug-likeness (QED) is 0.586. The second kappa shape index (κ2) is 5.72. The van der Waals surface area contributed by atoms with Gasteiger partial charge in [-0.25, -0.2) is 0 Å². The molecule has 0 fully saturated rings. The Labute approximate surface area is 126 Å². The predicted octanol–water partition coefficient (Wildman–Crippen LogP) is 4.42. The highest BCUT2D eigenvalue weighted by Crippen LogP contribution is 2.29. The van der Waals surface area contributed by atoms with Crippen LogP contribution in [-0.4, -0.2) is 10.4 Å². The summed E-state index contributed by atoms with van der Waals surface area (Å²) in [5.74, 6) is 0.246. The third kappa shape index (κ3) is 2.71. The van der Waals surface area contributed by atoms with E-state index in [0.29, 0.717) is 12.5 Å². The lowest BCUT2D eigenvalue weighted by molar-refractivity contribution is 0.0972. The number of hydrogen-bond donors (Lipinski definition) is 0. The first kappa shape index (κ1) is 13.9. The van der Waals surface area contributed by atoms with Gasteiger partial charge in [0.1, 0.15) is 0 Å². The van der Waals surface area contributed by atoms with Gasteiger partial charge >= 0.3 is 0 Å². The van der Waals surface area contributed by atoms with Gasteiger partial charge in [-0.2, -0.15) is 0 Å². The number of Topliss-reactive ketones (excluding diaryl/α,β-unsaturated/α-hetero) is 1. The standard InChI is InChI=1S/C19H21NO/c1-14-13-18(20(15(14)2)17-9-6-10-17)19(21)12-11-16-7-4-3-5-8-16/h3-9,13,17H,10-12H2,1-2H3. The monoisotopic (exact) mass is 279 g/mol. The molecule has 0 amide bonds. The van der Waals surface area contributed by atoms with Gasteiger partial charge in [-0.3, -0.25) is 4.79 Å². The summed E-state index contributed by atoms with van der Waals surface area (Å²) in [7, 11) is 0. The number of aromatic nitrogens is 1. The Kier molecular flexibility index (Phi) is 3.78. The molecule has 1 aromatic heterocycles. The maximum Gasteiger partial charge on any atom is 0.179 e. The summed E-state index contributed by atoms with van der Waals surface area (Å²) in [6.45, 7) is 4.19. The lowest BCUT2D eigenvalue weighted by Gasteiger charge is -2.24. The largest absolute Gasteiger partial charge is 0.335 e.